The van der Waals surface area contributed by atoms with Crippen molar-refractivity contribution in [1.82, 2.24) is 0 Å². The van der Waals surface area contributed by atoms with Crippen molar-refractivity contribution >= 4 is 11.9 Å². The average Bonchev–Trinajstić information content (AvgIpc) is 2.75. The van der Waals surface area contributed by atoms with E-state index in [9.17, 15) is 9.59 Å². The maximum atomic E-state index is 10.5. The molecule has 0 aromatic heterocycles. The Morgan fingerprint density at radius 1 is 0.600 bits per heavy atom. The van der Waals surface area contributed by atoms with Gasteiger partial charge in [-0.25, -0.2) is 9.59 Å². The minimum atomic E-state index is -1.23. The van der Waals surface area contributed by atoms with Gasteiger partial charge in [0, 0.05) is 12.1 Å². The van der Waals surface area contributed by atoms with Crippen LogP contribution in [0, 0.1) is 0 Å². The maximum Gasteiger partial charge on any atom is 0.336 e. The third-order valence-electron chi connectivity index (χ3n) is 4.04. The molecule has 3 aromatic carbocycles. The minimum Gasteiger partial charge on any atom is -0.478 e. The summed E-state index contributed by atoms with van der Waals surface area (Å²) in [7, 11) is 0. The number of hydrogen-bond acceptors (Lipinski definition) is 4. The molecule has 0 aliphatic heterocycles. The summed E-state index contributed by atoms with van der Waals surface area (Å²) in [4.78, 5) is 20.9. The van der Waals surface area contributed by atoms with Gasteiger partial charge in [-0.05, 0) is 37.1 Å². The van der Waals surface area contributed by atoms with Crippen molar-refractivity contribution in [2.75, 3.05) is 0 Å². The van der Waals surface area contributed by atoms with Crippen LogP contribution in [0.4, 0.5) is 0 Å². The number of benzene rings is 3. The number of nitrogens with two attached hydrogens (primary N) is 2. The highest BCUT2D eigenvalue weighted by Gasteiger charge is 2.13. The highest BCUT2D eigenvalue weighted by Crippen LogP contribution is 2.08. The van der Waals surface area contributed by atoms with E-state index in [4.69, 9.17) is 21.7 Å². The molecular weight excluding hydrogens is 380 g/mol. The van der Waals surface area contributed by atoms with Crippen LogP contribution >= 0.6 is 0 Å². The number of hydrogen-bond donors (Lipinski definition) is 4. The Labute approximate surface area is 176 Å². The lowest BCUT2D eigenvalue weighted by Crippen LogP contribution is -2.06. The molecule has 0 heterocycles. The van der Waals surface area contributed by atoms with Crippen molar-refractivity contribution in [3.05, 3.63) is 107 Å². The van der Waals surface area contributed by atoms with E-state index in [0.717, 1.165) is 0 Å². The zero-order valence-electron chi connectivity index (χ0n) is 17.1. The standard InChI is InChI=1S/2C8H11N.C8H6O4/c2*1-7(9)8-5-3-2-4-6-8;9-7(10)5-3-1-2-4-6(5)8(11)12/h2*2-7H,9H2,1H3;1-4H,(H,9,10)(H,11,12)/t2*7-;/m00./s1. The Hall–Kier alpha value is -3.48. The molecule has 0 fully saturated rings. The fourth-order valence-electron chi connectivity index (χ4n) is 2.37. The molecule has 3 aromatic rings. The lowest BCUT2D eigenvalue weighted by molar-refractivity contribution is 0.0651. The van der Waals surface area contributed by atoms with Crippen molar-refractivity contribution in [2.45, 2.75) is 25.9 Å². The molecule has 0 amide bonds. The highest BCUT2D eigenvalue weighted by atomic mass is 16.4. The monoisotopic (exact) mass is 408 g/mol. The molecule has 0 unspecified atom stereocenters. The van der Waals surface area contributed by atoms with Gasteiger partial charge in [-0.2, -0.15) is 0 Å². The van der Waals surface area contributed by atoms with Gasteiger partial charge in [-0.15, -0.1) is 0 Å². The molecule has 6 heteroatoms. The quantitative estimate of drug-likeness (QED) is 0.503. The first kappa shape index (κ1) is 24.6. The van der Waals surface area contributed by atoms with Gasteiger partial charge >= 0.3 is 11.9 Å². The first-order valence-electron chi connectivity index (χ1n) is 9.40. The maximum absolute atomic E-state index is 10.5. The second kappa shape index (κ2) is 12.9. The number of rotatable bonds is 4. The van der Waals surface area contributed by atoms with Crippen LogP contribution in [0.1, 0.15) is 57.8 Å². The zero-order chi connectivity index (χ0) is 22.5. The Morgan fingerprint density at radius 2 is 0.867 bits per heavy atom. The van der Waals surface area contributed by atoms with Crippen LogP contribution in [0.15, 0.2) is 84.9 Å². The number of carbonyl (C=O) groups is 2. The summed E-state index contributed by atoms with van der Waals surface area (Å²) < 4.78 is 0. The fourth-order valence-corrected chi connectivity index (χ4v) is 2.37. The van der Waals surface area contributed by atoms with E-state index in [-0.39, 0.29) is 23.2 Å². The van der Waals surface area contributed by atoms with Crippen LogP contribution in [-0.4, -0.2) is 22.2 Å². The van der Waals surface area contributed by atoms with E-state index in [1.165, 1.54) is 35.4 Å². The van der Waals surface area contributed by atoms with Crippen LogP contribution in [0.3, 0.4) is 0 Å². The molecule has 158 valence electrons. The summed E-state index contributed by atoms with van der Waals surface area (Å²) in [5.41, 5.74) is 13.2. The van der Waals surface area contributed by atoms with Gasteiger partial charge in [0.1, 0.15) is 0 Å². The zero-order valence-corrected chi connectivity index (χ0v) is 17.1. The van der Waals surface area contributed by atoms with Crippen molar-refractivity contribution in [1.29, 1.82) is 0 Å². The minimum absolute atomic E-state index is 0.159. The van der Waals surface area contributed by atoms with E-state index >= 15 is 0 Å². The van der Waals surface area contributed by atoms with Crippen molar-refractivity contribution in [2.24, 2.45) is 11.5 Å². The Balaban J connectivity index is 0.000000229. The molecule has 6 N–H and O–H groups in total. The van der Waals surface area contributed by atoms with E-state index in [0.29, 0.717) is 0 Å². The second-order valence-electron chi connectivity index (χ2n) is 6.55. The first-order chi connectivity index (χ1) is 14.2. The summed E-state index contributed by atoms with van der Waals surface area (Å²) in [6.45, 7) is 3.96. The smallest absolute Gasteiger partial charge is 0.336 e. The van der Waals surface area contributed by atoms with Crippen LogP contribution in [-0.2, 0) is 0 Å². The predicted molar refractivity (Wildman–Crippen MR) is 118 cm³/mol. The van der Waals surface area contributed by atoms with Gasteiger partial charge in [0.25, 0.3) is 0 Å². The van der Waals surface area contributed by atoms with E-state index in [2.05, 4.69) is 0 Å². The van der Waals surface area contributed by atoms with Gasteiger partial charge < -0.3 is 21.7 Å². The topological polar surface area (TPSA) is 127 Å². The highest BCUT2D eigenvalue weighted by molar-refractivity contribution is 6.01. The summed E-state index contributed by atoms with van der Waals surface area (Å²) in [6.07, 6.45) is 0. The van der Waals surface area contributed by atoms with E-state index in [1.54, 1.807) is 0 Å². The van der Waals surface area contributed by atoms with Gasteiger partial charge in [0.05, 0.1) is 11.1 Å². The molecule has 3 rings (SSSR count). The molecule has 0 spiro atoms. The van der Waals surface area contributed by atoms with Crippen molar-refractivity contribution in [3.8, 4) is 0 Å². The average molecular weight is 408 g/mol. The molecule has 6 nitrogen and oxygen atoms in total. The van der Waals surface area contributed by atoms with Gasteiger partial charge in [-0.1, -0.05) is 72.8 Å². The van der Waals surface area contributed by atoms with E-state index in [1.807, 2.05) is 74.5 Å². The molecule has 0 saturated carbocycles. The molecule has 0 bridgehead atoms. The van der Waals surface area contributed by atoms with Crippen LogP contribution in [0.2, 0.25) is 0 Å². The number of carboxylic acids is 2. The molecular formula is C24H28N2O4. The third kappa shape index (κ3) is 8.68. The predicted octanol–water partition coefficient (Wildman–Crippen LogP) is 4.50. The lowest BCUT2D eigenvalue weighted by atomic mass is 10.1. The number of carboxylic acid groups (broad SMARTS) is 2. The Bertz CT molecular complexity index is 834. The molecule has 0 saturated heterocycles. The summed E-state index contributed by atoms with van der Waals surface area (Å²) >= 11 is 0. The Kier molecular flexibility index (Phi) is 10.5. The Morgan fingerprint density at radius 3 is 1.07 bits per heavy atom. The summed E-state index contributed by atoms with van der Waals surface area (Å²) in [5.74, 6) is -2.46. The fraction of sp³-hybridized carbons (Fsp3) is 0.167. The van der Waals surface area contributed by atoms with Gasteiger partial charge in [-0.3, -0.25) is 0 Å². The molecule has 30 heavy (non-hydrogen) atoms. The summed E-state index contributed by atoms with van der Waals surface area (Å²) in [5, 5.41) is 17.1. The lowest BCUT2D eigenvalue weighted by Gasteiger charge is -2.02. The summed E-state index contributed by atoms with van der Waals surface area (Å²) in [6, 6.07) is 25.9. The first-order valence-corrected chi connectivity index (χ1v) is 9.40. The SMILES string of the molecule is C[C@H](N)c1ccccc1.C[C@H](N)c1ccccc1.O=C(O)c1ccccc1C(=O)O. The van der Waals surface area contributed by atoms with Crippen LogP contribution in [0.25, 0.3) is 0 Å². The molecule has 0 aliphatic carbocycles. The van der Waals surface area contributed by atoms with Crippen LogP contribution in [0.5, 0.6) is 0 Å². The molecule has 0 radical (unpaired) electrons. The van der Waals surface area contributed by atoms with E-state index < -0.39 is 11.9 Å². The van der Waals surface area contributed by atoms with Crippen molar-refractivity contribution < 1.29 is 19.8 Å². The number of aromatic carboxylic acids is 2. The third-order valence-corrected chi connectivity index (χ3v) is 4.04. The van der Waals surface area contributed by atoms with Crippen molar-refractivity contribution in [3.63, 3.8) is 0 Å². The molecule has 0 aliphatic rings. The largest absolute Gasteiger partial charge is 0.478 e. The molecule has 2 atom stereocenters. The van der Waals surface area contributed by atoms with Gasteiger partial charge in [0.2, 0.25) is 0 Å². The second-order valence-corrected chi connectivity index (χ2v) is 6.55. The normalized spacial score (nSPS) is 11.6. The van der Waals surface area contributed by atoms with Gasteiger partial charge in [0.15, 0.2) is 0 Å². The van der Waals surface area contributed by atoms with Crippen LogP contribution < -0.4 is 11.5 Å².